The number of amides is 1. The highest BCUT2D eigenvalue weighted by atomic mass is 32.2. The van der Waals surface area contributed by atoms with Crippen LogP contribution in [0.3, 0.4) is 0 Å². The Kier molecular flexibility index (Phi) is 5.55. The zero-order valence-corrected chi connectivity index (χ0v) is 13.9. The van der Waals surface area contributed by atoms with E-state index in [4.69, 9.17) is 10.00 Å². The van der Waals surface area contributed by atoms with Gasteiger partial charge in [-0.25, -0.2) is 0 Å². The van der Waals surface area contributed by atoms with Crippen LogP contribution in [0.2, 0.25) is 0 Å². The van der Waals surface area contributed by atoms with Gasteiger partial charge in [0.1, 0.15) is 6.10 Å². The Morgan fingerprint density at radius 1 is 1.35 bits per heavy atom. The van der Waals surface area contributed by atoms with Crippen LogP contribution in [0, 0.1) is 11.3 Å². The number of thioether (sulfide) groups is 1. The summed E-state index contributed by atoms with van der Waals surface area (Å²) in [6.45, 7) is 4.42. The lowest BCUT2D eigenvalue weighted by atomic mass is 10.1. The lowest BCUT2D eigenvalue weighted by Gasteiger charge is -2.36. The van der Waals surface area contributed by atoms with Crippen LogP contribution in [0.25, 0.3) is 0 Å². The number of nitriles is 1. The number of nitrogens with zero attached hydrogens (tertiary/aromatic N) is 3. The average molecular weight is 331 g/mol. The maximum absolute atomic E-state index is 12.6. The van der Waals surface area contributed by atoms with Crippen molar-refractivity contribution in [3.8, 4) is 6.07 Å². The lowest BCUT2D eigenvalue weighted by molar-refractivity contribution is -0.149. The molecule has 23 heavy (non-hydrogen) atoms. The molecule has 1 amide bonds. The smallest absolute Gasteiger partial charge is 0.253 e. The van der Waals surface area contributed by atoms with Crippen LogP contribution >= 0.6 is 11.8 Å². The van der Waals surface area contributed by atoms with Gasteiger partial charge >= 0.3 is 0 Å². The fourth-order valence-corrected chi connectivity index (χ4v) is 3.88. The van der Waals surface area contributed by atoms with E-state index in [0.29, 0.717) is 18.7 Å². The second-order valence-corrected chi connectivity index (χ2v) is 7.07. The first-order valence-corrected chi connectivity index (χ1v) is 9.11. The Morgan fingerprint density at radius 2 is 2.17 bits per heavy atom. The predicted molar refractivity (Wildman–Crippen MR) is 90.1 cm³/mol. The third-order valence-corrected chi connectivity index (χ3v) is 5.15. The predicted octanol–water partition coefficient (Wildman–Crippen LogP) is 1.33. The zero-order valence-electron chi connectivity index (χ0n) is 13.1. The molecule has 5 nitrogen and oxygen atoms in total. The number of benzene rings is 1. The van der Waals surface area contributed by atoms with Crippen molar-refractivity contribution < 1.29 is 9.53 Å². The molecule has 0 aliphatic carbocycles. The summed E-state index contributed by atoms with van der Waals surface area (Å²) in [5.41, 5.74) is 1.78. The molecular formula is C17H21N3O2S. The van der Waals surface area contributed by atoms with Gasteiger partial charge in [0.15, 0.2) is 0 Å². The molecule has 2 saturated heterocycles. The monoisotopic (exact) mass is 331 g/mol. The second kappa shape index (κ2) is 7.82. The van der Waals surface area contributed by atoms with E-state index >= 15 is 0 Å². The number of carbonyl (C=O) groups is 1. The van der Waals surface area contributed by atoms with Crippen LogP contribution in [-0.4, -0.2) is 66.1 Å². The van der Waals surface area contributed by atoms with E-state index in [-0.39, 0.29) is 12.0 Å². The van der Waals surface area contributed by atoms with Gasteiger partial charge in [-0.3, -0.25) is 9.69 Å². The van der Waals surface area contributed by atoms with Gasteiger partial charge in [0.05, 0.1) is 18.2 Å². The van der Waals surface area contributed by atoms with Crippen LogP contribution in [-0.2, 0) is 16.1 Å². The third-order valence-electron chi connectivity index (χ3n) is 4.21. The van der Waals surface area contributed by atoms with E-state index in [1.54, 1.807) is 0 Å². The average Bonchev–Trinajstić information content (AvgIpc) is 2.62. The lowest BCUT2D eigenvalue weighted by Crippen LogP contribution is -2.52. The molecule has 0 spiro atoms. The molecule has 1 aromatic rings. The summed E-state index contributed by atoms with van der Waals surface area (Å²) < 4.78 is 5.71. The third kappa shape index (κ3) is 4.25. The van der Waals surface area contributed by atoms with Crippen molar-refractivity contribution in [2.24, 2.45) is 0 Å². The van der Waals surface area contributed by atoms with E-state index in [0.717, 1.165) is 43.2 Å². The molecule has 0 bridgehead atoms. The van der Waals surface area contributed by atoms with Crippen molar-refractivity contribution in [1.29, 1.82) is 5.26 Å². The van der Waals surface area contributed by atoms with E-state index in [9.17, 15) is 4.79 Å². The minimum atomic E-state index is -0.356. The minimum Gasteiger partial charge on any atom is -0.366 e. The summed E-state index contributed by atoms with van der Waals surface area (Å²) in [6, 6.07) is 9.82. The molecule has 2 aliphatic rings. The summed E-state index contributed by atoms with van der Waals surface area (Å²) in [5.74, 6) is 2.16. The largest absolute Gasteiger partial charge is 0.366 e. The number of hydrogen-bond acceptors (Lipinski definition) is 5. The van der Waals surface area contributed by atoms with Crippen LogP contribution in [0.4, 0.5) is 0 Å². The SMILES string of the molecule is N#Cc1cccc(CN2CCOC(C(=O)N3CCSCC3)C2)c1. The van der Waals surface area contributed by atoms with Gasteiger partial charge in [0.25, 0.3) is 5.91 Å². The van der Waals surface area contributed by atoms with E-state index in [1.807, 2.05) is 40.9 Å². The highest BCUT2D eigenvalue weighted by molar-refractivity contribution is 7.99. The number of carbonyl (C=O) groups excluding carboxylic acids is 1. The highest BCUT2D eigenvalue weighted by Gasteiger charge is 2.30. The summed E-state index contributed by atoms with van der Waals surface area (Å²) in [5, 5.41) is 8.99. The van der Waals surface area contributed by atoms with Crippen molar-refractivity contribution in [2.45, 2.75) is 12.6 Å². The molecule has 122 valence electrons. The maximum atomic E-state index is 12.6. The van der Waals surface area contributed by atoms with E-state index < -0.39 is 0 Å². The first kappa shape index (κ1) is 16.3. The van der Waals surface area contributed by atoms with Gasteiger partial charge in [-0.15, -0.1) is 0 Å². The van der Waals surface area contributed by atoms with Crippen molar-refractivity contribution in [3.63, 3.8) is 0 Å². The molecule has 0 radical (unpaired) electrons. The topological polar surface area (TPSA) is 56.6 Å². The zero-order chi connectivity index (χ0) is 16.1. The quantitative estimate of drug-likeness (QED) is 0.836. The van der Waals surface area contributed by atoms with Gasteiger partial charge in [0.2, 0.25) is 0 Å². The number of morpholine rings is 1. The minimum absolute atomic E-state index is 0.126. The Morgan fingerprint density at radius 3 is 2.96 bits per heavy atom. The summed E-state index contributed by atoms with van der Waals surface area (Å²) >= 11 is 1.90. The fraction of sp³-hybridized carbons (Fsp3) is 0.529. The van der Waals surface area contributed by atoms with Crippen LogP contribution in [0.1, 0.15) is 11.1 Å². The Balaban J connectivity index is 1.59. The van der Waals surface area contributed by atoms with Gasteiger partial charge in [-0.05, 0) is 17.7 Å². The maximum Gasteiger partial charge on any atom is 0.253 e. The van der Waals surface area contributed by atoms with Crippen LogP contribution < -0.4 is 0 Å². The molecule has 0 aromatic heterocycles. The molecular weight excluding hydrogens is 310 g/mol. The second-order valence-electron chi connectivity index (χ2n) is 5.84. The summed E-state index contributed by atoms with van der Waals surface area (Å²) in [4.78, 5) is 16.7. The number of rotatable bonds is 3. The molecule has 2 aliphatic heterocycles. The standard InChI is InChI=1S/C17H21N3O2S/c18-11-14-2-1-3-15(10-14)12-19-4-7-22-16(13-19)17(21)20-5-8-23-9-6-20/h1-3,10,16H,4-9,12-13H2. The van der Waals surface area contributed by atoms with Crippen molar-refractivity contribution >= 4 is 17.7 Å². The highest BCUT2D eigenvalue weighted by Crippen LogP contribution is 2.16. The fourth-order valence-electron chi connectivity index (χ4n) is 2.98. The number of hydrogen-bond donors (Lipinski definition) is 0. The molecule has 0 saturated carbocycles. The van der Waals surface area contributed by atoms with E-state index in [1.165, 1.54) is 0 Å². The molecule has 6 heteroatoms. The molecule has 2 heterocycles. The van der Waals surface area contributed by atoms with Gasteiger partial charge in [-0.1, -0.05) is 12.1 Å². The van der Waals surface area contributed by atoms with Gasteiger partial charge < -0.3 is 9.64 Å². The van der Waals surface area contributed by atoms with Gasteiger partial charge in [-0.2, -0.15) is 17.0 Å². The van der Waals surface area contributed by atoms with Crippen molar-refractivity contribution in [1.82, 2.24) is 9.80 Å². The molecule has 2 fully saturated rings. The Hall–Kier alpha value is -1.55. The van der Waals surface area contributed by atoms with Crippen molar-refractivity contribution in [2.75, 3.05) is 44.3 Å². The van der Waals surface area contributed by atoms with Crippen molar-refractivity contribution in [3.05, 3.63) is 35.4 Å². The number of ether oxygens (including phenoxy) is 1. The van der Waals surface area contributed by atoms with Gasteiger partial charge in [0, 0.05) is 44.2 Å². The molecule has 1 atom stereocenters. The summed E-state index contributed by atoms with van der Waals surface area (Å²) in [7, 11) is 0. The molecule has 3 rings (SSSR count). The first-order valence-electron chi connectivity index (χ1n) is 7.96. The van der Waals surface area contributed by atoms with E-state index in [2.05, 4.69) is 11.0 Å². The van der Waals surface area contributed by atoms with Crippen LogP contribution in [0.15, 0.2) is 24.3 Å². The van der Waals surface area contributed by atoms with Crippen LogP contribution in [0.5, 0.6) is 0 Å². The molecule has 1 aromatic carbocycles. The first-order chi connectivity index (χ1) is 11.3. The molecule has 1 unspecified atom stereocenters. The normalized spacial score (nSPS) is 22.6. The Labute approximate surface area is 141 Å². The summed E-state index contributed by atoms with van der Waals surface area (Å²) in [6.07, 6.45) is -0.356. The molecule has 0 N–H and O–H groups in total. The Bertz CT molecular complexity index is 596.